The van der Waals surface area contributed by atoms with E-state index in [0.717, 1.165) is 22.3 Å². The van der Waals surface area contributed by atoms with Gasteiger partial charge in [0.2, 0.25) is 5.91 Å². The molecule has 1 heterocycles. The Kier molecular flexibility index (Phi) is 6.68. The molecule has 33 heavy (non-hydrogen) atoms. The maximum Gasteiger partial charge on any atom is 0.407 e. The monoisotopic (exact) mass is 448 g/mol. The number of benzene rings is 2. The molecule has 2 amide bonds. The molecule has 4 N–H and O–H groups in total. The molecule has 2 aromatic carbocycles. The number of fused-ring (bicyclic) bond motifs is 3. The molecule has 3 aromatic rings. The summed E-state index contributed by atoms with van der Waals surface area (Å²) in [5, 5.41) is 13.9. The van der Waals surface area contributed by atoms with Crippen LogP contribution in [-0.2, 0) is 20.7 Å². The van der Waals surface area contributed by atoms with Crippen LogP contribution in [0.1, 0.15) is 29.2 Å². The smallest absolute Gasteiger partial charge is 0.407 e. The second kappa shape index (κ2) is 9.99. The molecule has 4 rings (SSSR count). The van der Waals surface area contributed by atoms with Crippen LogP contribution in [0, 0.1) is 0 Å². The minimum absolute atomic E-state index is 0.0417. The summed E-state index contributed by atoms with van der Waals surface area (Å²) in [6.45, 7) is 0.0806. The minimum atomic E-state index is -1.02. The highest BCUT2D eigenvalue weighted by Gasteiger charge is 2.30. The molecule has 1 aromatic heterocycles. The molecule has 9 nitrogen and oxygen atoms in total. The number of H-pyrrole nitrogens is 1. The van der Waals surface area contributed by atoms with Crippen LogP contribution in [0.5, 0.6) is 0 Å². The molecule has 0 bridgehead atoms. The van der Waals surface area contributed by atoms with Gasteiger partial charge in [-0.1, -0.05) is 48.5 Å². The zero-order chi connectivity index (χ0) is 23.2. The number of carbonyl (C=O) groups is 3. The lowest BCUT2D eigenvalue weighted by Crippen LogP contribution is -2.48. The number of hydrogen-bond acceptors (Lipinski definition) is 5. The van der Waals surface area contributed by atoms with E-state index in [9.17, 15) is 14.4 Å². The van der Waals surface area contributed by atoms with E-state index >= 15 is 0 Å². The van der Waals surface area contributed by atoms with Crippen molar-refractivity contribution in [1.82, 2.24) is 20.6 Å². The number of aromatic amines is 1. The average Bonchev–Trinajstić information content (AvgIpc) is 3.43. The Labute approximate surface area is 190 Å². The van der Waals surface area contributed by atoms with E-state index in [2.05, 4.69) is 32.7 Å². The number of carbonyl (C=O) groups excluding carboxylic acids is 2. The lowest BCUT2D eigenvalue weighted by atomic mass is 9.98. The van der Waals surface area contributed by atoms with Crippen LogP contribution in [-0.4, -0.2) is 52.2 Å². The average molecular weight is 448 g/mol. The fourth-order valence-corrected chi connectivity index (χ4v) is 4.02. The number of carboxylic acids is 1. The van der Waals surface area contributed by atoms with Crippen molar-refractivity contribution >= 4 is 18.0 Å². The van der Waals surface area contributed by atoms with E-state index in [4.69, 9.17) is 9.84 Å². The largest absolute Gasteiger partial charge is 0.481 e. The number of nitrogens with zero attached hydrogens (tertiary/aromatic N) is 1. The summed E-state index contributed by atoms with van der Waals surface area (Å²) >= 11 is 0. The standard InChI is InChI=1S/C24H24N4O5/c29-22(30)9-10-26-23(31)21(11-15-12-25-14-27-15)28-24(32)33-13-20-18-7-3-1-5-16(18)17-6-2-4-8-19(17)20/h1-8,12,14,20-21H,9-11,13H2,(H,25,27)(H,26,31)(H,28,32)(H,29,30)/t21-/m0/s1. The Bertz CT molecular complexity index is 1100. The van der Waals surface area contributed by atoms with Crippen LogP contribution in [0.3, 0.4) is 0 Å². The van der Waals surface area contributed by atoms with Gasteiger partial charge in [0.1, 0.15) is 12.6 Å². The molecular formula is C24H24N4O5. The Balaban J connectivity index is 1.41. The van der Waals surface area contributed by atoms with Crippen molar-refractivity contribution in [2.45, 2.75) is 24.8 Å². The number of ether oxygens (including phenoxy) is 1. The molecule has 0 fully saturated rings. The molecule has 0 radical (unpaired) electrons. The quantitative estimate of drug-likeness (QED) is 0.397. The number of imidazole rings is 1. The van der Waals surface area contributed by atoms with Crippen molar-refractivity contribution < 1.29 is 24.2 Å². The maximum absolute atomic E-state index is 12.6. The molecule has 170 valence electrons. The summed E-state index contributed by atoms with van der Waals surface area (Å²) in [5.74, 6) is -1.62. The van der Waals surface area contributed by atoms with Gasteiger partial charge in [-0.25, -0.2) is 9.78 Å². The van der Waals surface area contributed by atoms with Crippen LogP contribution in [0.25, 0.3) is 11.1 Å². The molecule has 1 aliphatic rings. The number of rotatable bonds is 9. The van der Waals surface area contributed by atoms with E-state index in [1.54, 1.807) is 6.20 Å². The first-order valence-electron chi connectivity index (χ1n) is 10.6. The summed E-state index contributed by atoms with van der Waals surface area (Å²) in [6, 6.07) is 15.1. The predicted molar refractivity (Wildman–Crippen MR) is 120 cm³/mol. The van der Waals surface area contributed by atoms with E-state index in [1.165, 1.54) is 6.33 Å². The number of aliphatic carboxylic acids is 1. The SMILES string of the molecule is O=C(O)CCNC(=O)[C@H](Cc1cnc[nH]1)NC(=O)OCC1c2ccccc2-c2ccccc21. The van der Waals surface area contributed by atoms with E-state index in [-0.39, 0.29) is 31.9 Å². The summed E-state index contributed by atoms with van der Waals surface area (Å²) in [7, 11) is 0. The van der Waals surface area contributed by atoms with Crippen molar-refractivity contribution in [2.75, 3.05) is 13.2 Å². The topological polar surface area (TPSA) is 133 Å². The van der Waals surface area contributed by atoms with Crippen LogP contribution in [0.15, 0.2) is 61.1 Å². The number of amides is 2. The molecule has 0 aliphatic heterocycles. The fraction of sp³-hybridized carbons (Fsp3) is 0.250. The Morgan fingerprint density at radius 1 is 1.06 bits per heavy atom. The van der Waals surface area contributed by atoms with Crippen molar-refractivity contribution in [3.63, 3.8) is 0 Å². The van der Waals surface area contributed by atoms with E-state index in [1.807, 2.05) is 36.4 Å². The van der Waals surface area contributed by atoms with Crippen LogP contribution < -0.4 is 10.6 Å². The normalized spacial score (nSPS) is 13.0. The number of aromatic nitrogens is 2. The van der Waals surface area contributed by atoms with E-state index < -0.39 is 24.0 Å². The summed E-state index contributed by atoms with van der Waals surface area (Å²) in [5.41, 5.74) is 5.07. The summed E-state index contributed by atoms with van der Waals surface area (Å²) in [4.78, 5) is 42.7. The number of alkyl carbamates (subject to hydrolysis) is 1. The lowest BCUT2D eigenvalue weighted by Gasteiger charge is -2.19. The molecule has 0 spiro atoms. The van der Waals surface area contributed by atoms with Gasteiger partial charge in [0.05, 0.1) is 12.7 Å². The Morgan fingerprint density at radius 3 is 2.33 bits per heavy atom. The first kappa shape index (κ1) is 22.1. The Morgan fingerprint density at radius 2 is 1.73 bits per heavy atom. The van der Waals surface area contributed by atoms with Gasteiger partial charge < -0.3 is 25.5 Å². The van der Waals surface area contributed by atoms with Crippen molar-refractivity contribution in [2.24, 2.45) is 0 Å². The highest BCUT2D eigenvalue weighted by atomic mass is 16.5. The molecule has 9 heteroatoms. The second-order valence-electron chi connectivity index (χ2n) is 7.74. The first-order valence-corrected chi connectivity index (χ1v) is 10.6. The van der Waals surface area contributed by atoms with Gasteiger partial charge in [-0.3, -0.25) is 9.59 Å². The van der Waals surface area contributed by atoms with Crippen LogP contribution in [0.2, 0.25) is 0 Å². The van der Waals surface area contributed by atoms with E-state index in [0.29, 0.717) is 5.69 Å². The fourth-order valence-electron chi connectivity index (χ4n) is 4.02. The highest BCUT2D eigenvalue weighted by molar-refractivity contribution is 5.86. The molecule has 0 saturated carbocycles. The molecule has 0 saturated heterocycles. The zero-order valence-corrected chi connectivity index (χ0v) is 17.8. The number of carboxylic acid groups (broad SMARTS) is 1. The highest BCUT2D eigenvalue weighted by Crippen LogP contribution is 2.44. The van der Waals surface area contributed by atoms with Gasteiger partial charge in [0.25, 0.3) is 0 Å². The van der Waals surface area contributed by atoms with Crippen molar-refractivity contribution in [3.05, 3.63) is 77.9 Å². The van der Waals surface area contributed by atoms with Gasteiger partial charge in [0.15, 0.2) is 0 Å². The Hall–Kier alpha value is -4.14. The second-order valence-corrected chi connectivity index (χ2v) is 7.74. The van der Waals surface area contributed by atoms with Crippen molar-refractivity contribution in [3.8, 4) is 11.1 Å². The minimum Gasteiger partial charge on any atom is -0.481 e. The molecule has 1 atom stereocenters. The first-order chi connectivity index (χ1) is 16.0. The third kappa shape index (κ3) is 5.20. The molecule has 1 aliphatic carbocycles. The van der Waals surface area contributed by atoms with Crippen LogP contribution in [0.4, 0.5) is 4.79 Å². The lowest BCUT2D eigenvalue weighted by molar-refractivity contribution is -0.137. The third-order valence-corrected chi connectivity index (χ3v) is 5.57. The maximum atomic E-state index is 12.6. The van der Waals surface area contributed by atoms with Crippen molar-refractivity contribution in [1.29, 1.82) is 0 Å². The molecule has 0 unspecified atom stereocenters. The van der Waals surface area contributed by atoms with Gasteiger partial charge in [0, 0.05) is 30.8 Å². The van der Waals surface area contributed by atoms with Gasteiger partial charge in [-0.15, -0.1) is 0 Å². The van der Waals surface area contributed by atoms with Crippen LogP contribution >= 0.6 is 0 Å². The number of nitrogens with one attached hydrogen (secondary N) is 3. The molecular weight excluding hydrogens is 424 g/mol. The van der Waals surface area contributed by atoms with Gasteiger partial charge in [-0.05, 0) is 22.3 Å². The number of hydrogen-bond donors (Lipinski definition) is 4. The van der Waals surface area contributed by atoms with Gasteiger partial charge >= 0.3 is 12.1 Å². The predicted octanol–water partition coefficient (Wildman–Crippen LogP) is 2.45. The zero-order valence-electron chi connectivity index (χ0n) is 17.8. The summed E-state index contributed by atoms with van der Waals surface area (Å²) < 4.78 is 5.53. The van der Waals surface area contributed by atoms with Gasteiger partial charge in [-0.2, -0.15) is 0 Å². The summed E-state index contributed by atoms with van der Waals surface area (Å²) in [6.07, 6.45) is 2.24. The third-order valence-electron chi connectivity index (χ3n) is 5.57.